The molecule has 2 aliphatic rings. The van der Waals surface area contributed by atoms with E-state index in [4.69, 9.17) is 20.4 Å². The molecule has 0 unspecified atom stereocenters. The Hall–Kier alpha value is -3.07. The highest BCUT2D eigenvalue weighted by Gasteiger charge is 2.38. The van der Waals surface area contributed by atoms with Crippen molar-refractivity contribution in [2.45, 2.75) is 70.1 Å². The van der Waals surface area contributed by atoms with E-state index in [1.807, 2.05) is 12.1 Å². The minimum Gasteiger partial charge on any atom is -0.475 e. The first-order valence-corrected chi connectivity index (χ1v) is 11.8. The lowest BCUT2D eigenvalue weighted by atomic mass is 10.0. The summed E-state index contributed by atoms with van der Waals surface area (Å²) >= 11 is 0. The van der Waals surface area contributed by atoms with Gasteiger partial charge in [0.2, 0.25) is 5.91 Å². The van der Waals surface area contributed by atoms with Crippen molar-refractivity contribution in [2.75, 3.05) is 7.05 Å². The Bertz CT molecular complexity index is 1050. The topological polar surface area (TPSA) is 92.9 Å². The molecule has 1 aliphatic carbocycles. The van der Waals surface area contributed by atoms with Crippen LogP contribution in [0.3, 0.4) is 0 Å². The lowest BCUT2D eigenvalue weighted by Gasteiger charge is -2.27. The molecular weight excluding hydrogens is 461 g/mol. The van der Waals surface area contributed by atoms with Gasteiger partial charge in [0.05, 0.1) is 0 Å². The lowest BCUT2D eigenvalue weighted by molar-refractivity contribution is -0.192. The van der Waals surface area contributed by atoms with Gasteiger partial charge in [-0.3, -0.25) is 9.69 Å². The molecule has 0 bridgehead atoms. The summed E-state index contributed by atoms with van der Waals surface area (Å²) < 4.78 is 37.9. The Morgan fingerprint density at radius 1 is 1.00 bits per heavy atom. The van der Waals surface area contributed by atoms with Gasteiger partial charge in [0.1, 0.15) is 11.5 Å². The van der Waals surface area contributed by atoms with Crippen molar-refractivity contribution in [3.05, 3.63) is 58.7 Å². The number of carboxylic acids is 1. The molecule has 0 atom stereocenters. The third kappa shape index (κ3) is 7.45. The molecule has 3 N–H and O–H groups in total. The van der Waals surface area contributed by atoms with Gasteiger partial charge in [-0.1, -0.05) is 37.8 Å². The average Bonchev–Trinajstić information content (AvgIpc) is 3.17. The Morgan fingerprint density at radius 3 is 2.09 bits per heavy atom. The summed E-state index contributed by atoms with van der Waals surface area (Å²) in [5, 5.41) is 7.12. The van der Waals surface area contributed by atoms with Crippen LogP contribution >= 0.6 is 0 Å². The zero-order chi connectivity index (χ0) is 25.6. The number of ether oxygens (including phenoxy) is 1. The van der Waals surface area contributed by atoms with Gasteiger partial charge in [-0.15, -0.1) is 0 Å². The van der Waals surface area contributed by atoms with Gasteiger partial charge in [0.25, 0.3) is 0 Å². The fourth-order valence-electron chi connectivity index (χ4n) is 4.56. The van der Waals surface area contributed by atoms with Crippen molar-refractivity contribution in [3.8, 4) is 11.5 Å². The van der Waals surface area contributed by atoms with E-state index in [-0.39, 0.29) is 0 Å². The summed E-state index contributed by atoms with van der Waals surface area (Å²) in [6.07, 6.45) is 4.81. The van der Waals surface area contributed by atoms with Gasteiger partial charge in [-0.2, -0.15) is 13.2 Å². The number of alkyl halides is 3. The van der Waals surface area contributed by atoms with E-state index >= 15 is 0 Å². The fraction of sp³-hybridized carbons (Fsp3) is 0.462. The summed E-state index contributed by atoms with van der Waals surface area (Å²) in [7, 11) is 2.26. The molecule has 9 heteroatoms. The molecule has 6 nitrogen and oxygen atoms in total. The van der Waals surface area contributed by atoms with Crippen molar-refractivity contribution in [3.63, 3.8) is 0 Å². The SMILES string of the molecule is CN(Cc1ccc2c(c1)CCc1cc(C(N)=O)ccc1O2)C1CCCCCC1.O=C(O)C(F)(F)F. The van der Waals surface area contributed by atoms with Crippen LogP contribution in [0.25, 0.3) is 0 Å². The van der Waals surface area contributed by atoms with E-state index in [2.05, 4.69) is 30.1 Å². The molecule has 0 saturated heterocycles. The van der Waals surface area contributed by atoms with Crippen LogP contribution in [0.1, 0.15) is 65.6 Å². The van der Waals surface area contributed by atoms with E-state index in [0.717, 1.165) is 36.4 Å². The largest absolute Gasteiger partial charge is 0.490 e. The third-order valence-electron chi connectivity index (χ3n) is 6.48. The zero-order valence-electron chi connectivity index (χ0n) is 19.7. The van der Waals surface area contributed by atoms with Crippen molar-refractivity contribution in [1.82, 2.24) is 4.90 Å². The Balaban J connectivity index is 0.000000429. The number of primary amides is 1. The first-order valence-electron chi connectivity index (χ1n) is 11.8. The van der Waals surface area contributed by atoms with E-state index in [1.54, 1.807) is 6.07 Å². The number of hydrogen-bond acceptors (Lipinski definition) is 4. The monoisotopic (exact) mass is 492 g/mol. The molecule has 2 aromatic carbocycles. The number of rotatable bonds is 4. The molecule has 1 amide bonds. The standard InChI is InChI=1S/C24H30N2O2.C2HF3O2/c1-26(21-6-4-2-3-5-7-21)16-17-8-12-22-18(14-17)9-10-19-15-20(24(25)27)11-13-23(19)28-22;3-2(4,5)1(6)7/h8,11-15,21H,2-7,9-10,16H2,1H3,(H2,25,27);(H,6,7). The highest BCUT2D eigenvalue weighted by Crippen LogP contribution is 2.35. The molecule has 35 heavy (non-hydrogen) atoms. The number of carbonyl (C=O) groups is 2. The minimum atomic E-state index is -5.08. The molecule has 1 aliphatic heterocycles. The Morgan fingerprint density at radius 2 is 1.54 bits per heavy atom. The fourth-order valence-corrected chi connectivity index (χ4v) is 4.56. The van der Waals surface area contributed by atoms with E-state index < -0.39 is 18.1 Å². The third-order valence-corrected chi connectivity index (χ3v) is 6.48. The predicted octanol–water partition coefficient (Wildman–Crippen LogP) is 5.46. The molecule has 4 rings (SSSR count). The Kier molecular flexibility index (Phi) is 8.77. The van der Waals surface area contributed by atoms with Crippen LogP contribution in [0.4, 0.5) is 13.2 Å². The van der Waals surface area contributed by atoms with Crippen LogP contribution in [0, 0.1) is 0 Å². The van der Waals surface area contributed by atoms with Crippen LogP contribution in [0.5, 0.6) is 11.5 Å². The number of aryl methyl sites for hydroxylation is 2. The molecule has 1 saturated carbocycles. The number of nitrogens with two attached hydrogens (primary N) is 1. The first kappa shape index (κ1) is 26.5. The van der Waals surface area contributed by atoms with Crippen molar-refractivity contribution in [2.24, 2.45) is 5.73 Å². The quantitative estimate of drug-likeness (QED) is 0.553. The summed E-state index contributed by atoms with van der Waals surface area (Å²) in [5.41, 5.74) is 9.59. The molecule has 0 radical (unpaired) electrons. The number of benzene rings is 2. The van der Waals surface area contributed by atoms with Gasteiger partial charge in [0.15, 0.2) is 0 Å². The van der Waals surface area contributed by atoms with E-state index in [1.165, 1.54) is 49.7 Å². The maximum Gasteiger partial charge on any atom is 0.490 e. The second-order valence-electron chi connectivity index (χ2n) is 9.09. The number of carboxylic acid groups (broad SMARTS) is 1. The predicted molar refractivity (Wildman–Crippen MR) is 126 cm³/mol. The van der Waals surface area contributed by atoms with Gasteiger partial charge in [0, 0.05) is 18.2 Å². The normalized spacial score (nSPS) is 16.0. The summed E-state index contributed by atoms with van der Waals surface area (Å²) in [4.78, 5) is 22.9. The maximum absolute atomic E-state index is 11.5. The highest BCUT2D eigenvalue weighted by atomic mass is 19.4. The maximum atomic E-state index is 11.5. The average molecular weight is 493 g/mol. The second-order valence-corrected chi connectivity index (χ2v) is 9.09. The smallest absolute Gasteiger partial charge is 0.475 e. The van der Waals surface area contributed by atoms with Gasteiger partial charge >= 0.3 is 12.1 Å². The van der Waals surface area contributed by atoms with Crippen LogP contribution in [0.2, 0.25) is 0 Å². The molecule has 0 spiro atoms. The number of fused-ring (bicyclic) bond motifs is 2. The lowest BCUT2D eigenvalue weighted by Crippen LogP contribution is -2.30. The molecule has 2 aromatic rings. The summed E-state index contributed by atoms with van der Waals surface area (Å²) in [6, 6.07) is 12.8. The van der Waals surface area contributed by atoms with E-state index in [9.17, 15) is 18.0 Å². The van der Waals surface area contributed by atoms with Crippen LogP contribution in [-0.4, -0.2) is 41.1 Å². The number of carbonyl (C=O) groups excluding carboxylic acids is 1. The number of nitrogens with zero attached hydrogens (tertiary/aromatic N) is 1. The van der Waals surface area contributed by atoms with Gasteiger partial charge in [-0.25, -0.2) is 4.79 Å². The Labute approximate surface area is 202 Å². The van der Waals surface area contributed by atoms with Crippen molar-refractivity contribution < 1.29 is 32.6 Å². The van der Waals surface area contributed by atoms with Crippen LogP contribution in [0.15, 0.2) is 36.4 Å². The summed E-state index contributed by atoms with van der Waals surface area (Å²) in [5.74, 6) is -1.40. The number of aliphatic carboxylic acids is 1. The molecule has 1 fully saturated rings. The minimum absolute atomic E-state index is 0.395. The molecular formula is C26H31F3N2O4. The van der Waals surface area contributed by atoms with Crippen LogP contribution in [-0.2, 0) is 24.2 Å². The molecule has 190 valence electrons. The number of hydrogen-bond donors (Lipinski definition) is 2. The van der Waals surface area contributed by atoms with E-state index in [0.29, 0.717) is 11.6 Å². The molecule has 0 aromatic heterocycles. The zero-order valence-corrected chi connectivity index (χ0v) is 19.7. The second kappa shape index (κ2) is 11.6. The number of amides is 1. The van der Waals surface area contributed by atoms with Crippen molar-refractivity contribution in [1.29, 1.82) is 0 Å². The van der Waals surface area contributed by atoms with Gasteiger partial charge < -0.3 is 15.6 Å². The van der Waals surface area contributed by atoms with Gasteiger partial charge in [-0.05, 0) is 73.7 Å². The van der Waals surface area contributed by atoms with Crippen LogP contribution < -0.4 is 10.5 Å². The summed E-state index contributed by atoms with van der Waals surface area (Å²) in [6.45, 7) is 0.983. The first-order chi connectivity index (χ1) is 16.5. The molecule has 1 heterocycles. The highest BCUT2D eigenvalue weighted by molar-refractivity contribution is 5.93. The van der Waals surface area contributed by atoms with Crippen molar-refractivity contribution >= 4 is 11.9 Å². The number of halogens is 3.